The van der Waals surface area contributed by atoms with E-state index in [1.807, 2.05) is 26.8 Å². The number of nitrogen functional groups attached to an aromatic ring is 1. The van der Waals surface area contributed by atoms with Crippen molar-refractivity contribution in [1.82, 2.24) is 4.72 Å². The molecule has 114 valence electrons. The van der Waals surface area contributed by atoms with E-state index in [0.29, 0.717) is 11.3 Å². The van der Waals surface area contributed by atoms with Gasteiger partial charge >= 0.3 is 0 Å². The van der Waals surface area contributed by atoms with Crippen molar-refractivity contribution in [2.45, 2.75) is 38.6 Å². The molecule has 1 heterocycles. The molecule has 1 aromatic carbocycles. The van der Waals surface area contributed by atoms with Gasteiger partial charge in [-0.1, -0.05) is 6.07 Å². The van der Waals surface area contributed by atoms with Crippen molar-refractivity contribution >= 4 is 27.0 Å². The maximum atomic E-state index is 12.5. The Morgan fingerprint density at radius 2 is 1.90 bits per heavy atom. The van der Waals surface area contributed by atoms with Gasteiger partial charge in [-0.2, -0.15) is 0 Å². The Labute approximate surface area is 130 Å². The smallest absolute Gasteiger partial charge is 0.241 e. The highest BCUT2D eigenvalue weighted by Gasteiger charge is 2.22. The topological polar surface area (TPSA) is 72.2 Å². The molecule has 21 heavy (non-hydrogen) atoms. The van der Waals surface area contributed by atoms with Gasteiger partial charge in [0.05, 0.1) is 4.90 Å². The second-order valence-corrected chi connectivity index (χ2v) is 8.32. The molecule has 0 saturated heterocycles. The summed E-state index contributed by atoms with van der Waals surface area (Å²) in [6, 6.07) is 6.68. The van der Waals surface area contributed by atoms with E-state index < -0.39 is 10.0 Å². The van der Waals surface area contributed by atoms with Crippen LogP contribution in [-0.2, 0) is 10.0 Å². The Bertz CT molecular complexity index is 764. The van der Waals surface area contributed by atoms with Crippen LogP contribution in [0.3, 0.4) is 0 Å². The maximum Gasteiger partial charge on any atom is 0.241 e. The molecular weight excluding hydrogens is 304 g/mol. The number of hydrogen-bond donors (Lipinski definition) is 2. The standard InChI is InChI=1S/C15H20N2O2S2/c1-9-8-13(12(4)20-9)11(3)17-21(18,19)15-7-5-6-14(16)10(15)2/h5-8,11,17H,16H2,1-4H3. The molecule has 2 aromatic rings. The van der Waals surface area contributed by atoms with Gasteiger partial charge in [-0.3, -0.25) is 0 Å². The lowest BCUT2D eigenvalue weighted by atomic mass is 10.1. The fraction of sp³-hybridized carbons (Fsp3) is 0.333. The van der Waals surface area contributed by atoms with Gasteiger partial charge in [0.2, 0.25) is 10.0 Å². The molecule has 6 heteroatoms. The van der Waals surface area contributed by atoms with Gasteiger partial charge in [-0.25, -0.2) is 13.1 Å². The van der Waals surface area contributed by atoms with Crippen molar-refractivity contribution in [2.24, 2.45) is 0 Å². The zero-order valence-corrected chi connectivity index (χ0v) is 14.2. The Morgan fingerprint density at radius 3 is 2.48 bits per heavy atom. The summed E-state index contributed by atoms with van der Waals surface area (Å²) < 4.78 is 27.8. The third-order valence-corrected chi connectivity index (χ3v) is 6.16. The molecule has 4 nitrogen and oxygen atoms in total. The fourth-order valence-electron chi connectivity index (χ4n) is 2.36. The van der Waals surface area contributed by atoms with Crippen LogP contribution in [0.15, 0.2) is 29.2 Å². The Hall–Kier alpha value is -1.37. The molecule has 0 fully saturated rings. The number of hydrogen-bond acceptors (Lipinski definition) is 4. The molecule has 0 radical (unpaired) electrons. The number of benzene rings is 1. The van der Waals surface area contributed by atoms with Crippen molar-refractivity contribution < 1.29 is 8.42 Å². The summed E-state index contributed by atoms with van der Waals surface area (Å²) in [6.45, 7) is 7.59. The lowest BCUT2D eigenvalue weighted by Crippen LogP contribution is -2.27. The number of thiophene rings is 1. The second kappa shape index (κ2) is 5.79. The maximum absolute atomic E-state index is 12.5. The third-order valence-electron chi connectivity index (χ3n) is 3.49. The summed E-state index contributed by atoms with van der Waals surface area (Å²) in [5.74, 6) is 0. The second-order valence-electron chi connectivity index (χ2n) is 5.18. The van der Waals surface area contributed by atoms with E-state index in [2.05, 4.69) is 4.72 Å². The first kappa shape index (κ1) is 16.0. The number of rotatable bonds is 4. The normalized spacial score (nSPS) is 13.3. The molecule has 1 atom stereocenters. The monoisotopic (exact) mass is 324 g/mol. The Balaban J connectivity index is 2.33. The number of nitrogens with one attached hydrogen (secondary N) is 1. The minimum absolute atomic E-state index is 0.235. The van der Waals surface area contributed by atoms with E-state index >= 15 is 0 Å². The lowest BCUT2D eigenvalue weighted by Gasteiger charge is -2.16. The van der Waals surface area contributed by atoms with E-state index in [0.717, 1.165) is 10.4 Å². The van der Waals surface area contributed by atoms with Crippen molar-refractivity contribution in [3.63, 3.8) is 0 Å². The van der Waals surface area contributed by atoms with Crippen LogP contribution in [0.1, 0.15) is 33.8 Å². The minimum atomic E-state index is -3.59. The summed E-state index contributed by atoms with van der Waals surface area (Å²) in [6.07, 6.45) is 0. The van der Waals surface area contributed by atoms with E-state index in [4.69, 9.17) is 5.73 Å². The molecule has 0 spiro atoms. The molecule has 2 rings (SSSR count). The molecule has 1 unspecified atom stereocenters. The molecule has 1 aromatic heterocycles. The SMILES string of the molecule is Cc1cc(C(C)NS(=O)(=O)c2cccc(N)c2C)c(C)s1. The van der Waals surface area contributed by atoms with Crippen molar-refractivity contribution in [3.8, 4) is 0 Å². The van der Waals surface area contributed by atoms with Crippen LogP contribution in [0, 0.1) is 20.8 Å². The molecule has 0 amide bonds. The van der Waals surface area contributed by atoms with Crippen LogP contribution in [0.5, 0.6) is 0 Å². The first-order valence-electron chi connectivity index (χ1n) is 6.66. The van der Waals surface area contributed by atoms with Crippen LogP contribution in [-0.4, -0.2) is 8.42 Å². The highest BCUT2D eigenvalue weighted by molar-refractivity contribution is 7.89. The van der Waals surface area contributed by atoms with E-state index in [9.17, 15) is 8.42 Å². The molecule has 0 bridgehead atoms. The van der Waals surface area contributed by atoms with E-state index in [-0.39, 0.29) is 10.9 Å². The summed E-state index contributed by atoms with van der Waals surface area (Å²) in [5, 5.41) is 0. The van der Waals surface area contributed by atoms with E-state index in [1.54, 1.807) is 36.5 Å². The quantitative estimate of drug-likeness (QED) is 0.848. The fourth-order valence-corrected chi connectivity index (χ4v) is 4.88. The molecule has 0 aliphatic heterocycles. The van der Waals surface area contributed by atoms with Crippen LogP contribution in [0.2, 0.25) is 0 Å². The van der Waals surface area contributed by atoms with Crippen molar-refractivity contribution in [1.29, 1.82) is 0 Å². The zero-order chi connectivity index (χ0) is 15.8. The Morgan fingerprint density at radius 1 is 1.24 bits per heavy atom. The van der Waals surface area contributed by atoms with Gasteiger partial charge in [-0.05, 0) is 57.0 Å². The molecule has 3 N–H and O–H groups in total. The van der Waals surface area contributed by atoms with Gasteiger partial charge in [0.25, 0.3) is 0 Å². The summed E-state index contributed by atoms with van der Waals surface area (Å²) in [7, 11) is -3.59. The Kier molecular flexibility index (Phi) is 4.41. The number of aryl methyl sites for hydroxylation is 2. The average molecular weight is 324 g/mol. The van der Waals surface area contributed by atoms with Gasteiger partial charge in [0.15, 0.2) is 0 Å². The predicted molar refractivity (Wildman–Crippen MR) is 88.1 cm³/mol. The number of nitrogens with two attached hydrogens (primary N) is 1. The zero-order valence-electron chi connectivity index (χ0n) is 12.6. The van der Waals surface area contributed by atoms with Crippen molar-refractivity contribution in [3.05, 3.63) is 45.1 Å². The highest BCUT2D eigenvalue weighted by atomic mass is 32.2. The van der Waals surface area contributed by atoms with Gasteiger partial charge in [0.1, 0.15) is 0 Å². The van der Waals surface area contributed by atoms with Crippen LogP contribution in [0.4, 0.5) is 5.69 Å². The summed E-state index contributed by atoms with van der Waals surface area (Å²) >= 11 is 1.67. The van der Waals surface area contributed by atoms with Gasteiger partial charge in [-0.15, -0.1) is 11.3 Å². The van der Waals surface area contributed by atoms with Crippen LogP contribution < -0.4 is 10.5 Å². The van der Waals surface area contributed by atoms with Gasteiger partial charge in [0, 0.05) is 21.5 Å². The lowest BCUT2D eigenvalue weighted by molar-refractivity contribution is 0.566. The predicted octanol–water partition coefficient (Wildman–Crippen LogP) is 3.30. The van der Waals surface area contributed by atoms with Gasteiger partial charge < -0.3 is 5.73 Å². The van der Waals surface area contributed by atoms with Crippen molar-refractivity contribution in [2.75, 3.05) is 5.73 Å². The largest absolute Gasteiger partial charge is 0.398 e. The summed E-state index contributed by atoms with van der Waals surface area (Å²) in [4.78, 5) is 2.54. The first-order chi connectivity index (χ1) is 9.72. The average Bonchev–Trinajstić information content (AvgIpc) is 2.71. The molecule has 0 aliphatic rings. The van der Waals surface area contributed by atoms with Crippen LogP contribution in [0.25, 0.3) is 0 Å². The number of sulfonamides is 1. The summed E-state index contributed by atoms with van der Waals surface area (Å²) in [5.41, 5.74) is 7.87. The number of anilines is 1. The van der Waals surface area contributed by atoms with E-state index in [1.165, 1.54) is 4.88 Å². The highest BCUT2D eigenvalue weighted by Crippen LogP contribution is 2.28. The third kappa shape index (κ3) is 3.28. The van der Waals surface area contributed by atoms with Crippen LogP contribution >= 0.6 is 11.3 Å². The first-order valence-corrected chi connectivity index (χ1v) is 8.96. The minimum Gasteiger partial charge on any atom is -0.398 e. The molecule has 0 aliphatic carbocycles. The molecule has 0 saturated carbocycles. The molecular formula is C15H20N2O2S2.